The predicted molar refractivity (Wildman–Crippen MR) is 75.3 cm³/mol. The average molecular weight is 330 g/mol. The first-order valence-corrected chi connectivity index (χ1v) is 6.20. The van der Waals surface area contributed by atoms with Gasteiger partial charge in [0.15, 0.2) is 0 Å². The number of nitro groups is 1. The van der Waals surface area contributed by atoms with E-state index in [1.54, 1.807) is 0 Å². The topological polar surface area (TPSA) is 85.1 Å². The molecule has 1 aromatic carbocycles. The number of carbonyl (C=O) groups excluding carboxylic acids is 1. The van der Waals surface area contributed by atoms with Crippen molar-refractivity contribution in [1.29, 1.82) is 0 Å². The van der Waals surface area contributed by atoms with Crippen molar-refractivity contribution in [3.8, 4) is 0 Å². The van der Waals surface area contributed by atoms with Crippen LogP contribution in [-0.2, 0) is 0 Å². The highest BCUT2D eigenvalue weighted by Crippen LogP contribution is 2.23. The minimum Gasteiger partial charge on any atom is -0.322 e. The predicted octanol–water partition coefficient (Wildman–Crippen LogP) is 3.69. The molecule has 0 fully saturated rings. The van der Waals surface area contributed by atoms with Crippen LogP contribution in [0.5, 0.6) is 0 Å². The Labute approximate surface area is 127 Å². The van der Waals surface area contributed by atoms with Crippen LogP contribution in [0.4, 0.5) is 15.8 Å². The number of nitrogens with zero attached hydrogens (tertiary/aromatic N) is 2. The Morgan fingerprint density at radius 3 is 2.67 bits per heavy atom. The van der Waals surface area contributed by atoms with Crippen LogP contribution in [0.1, 0.15) is 10.4 Å². The number of amides is 1. The van der Waals surface area contributed by atoms with E-state index in [1.165, 1.54) is 12.1 Å². The molecule has 0 saturated heterocycles. The lowest BCUT2D eigenvalue weighted by molar-refractivity contribution is -0.385. The normalized spacial score (nSPS) is 10.2. The fourth-order valence-electron chi connectivity index (χ4n) is 1.52. The van der Waals surface area contributed by atoms with Crippen LogP contribution in [0, 0.1) is 15.9 Å². The molecule has 2 rings (SSSR count). The Morgan fingerprint density at radius 2 is 2.05 bits per heavy atom. The second kappa shape index (κ2) is 6.02. The molecule has 9 heteroatoms. The minimum absolute atomic E-state index is 0.0759. The fourth-order valence-corrected chi connectivity index (χ4v) is 1.80. The molecule has 2 aromatic rings. The van der Waals surface area contributed by atoms with E-state index in [-0.39, 0.29) is 21.4 Å². The van der Waals surface area contributed by atoms with Gasteiger partial charge in [-0.15, -0.1) is 0 Å². The second-order valence-corrected chi connectivity index (χ2v) is 4.66. The fraction of sp³-hybridized carbons (Fsp3) is 0. The van der Waals surface area contributed by atoms with Crippen LogP contribution in [0.15, 0.2) is 30.5 Å². The van der Waals surface area contributed by atoms with Crippen LogP contribution in [-0.4, -0.2) is 15.8 Å². The van der Waals surface area contributed by atoms with Crippen molar-refractivity contribution in [2.75, 3.05) is 5.32 Å². The van der Waals surface area contributed by atoms with E-state index in [4.69, 9.17) is 23.2 Å². The van der Waals surface area contributed by atoms with Crippen molar-refractivity contribution in [2.45, 2.75) is 0 Å². The highest BCUT2D eigenvalue weighted by Gasteiger charge is 2.21. The lowest BCUT2D eigenvalue weighted by Crippen LogP contribution is -2.14. The number of benzene rings is 1. The minimum atomic E-state index is -0.812. The van der Waals surface area contributed by atoms with Gasteiger partial charge in [-0.3, -0.25) is 14.9 Å². The van der Waals surface area contributed by atoms with Crippen LogP contribution < -0.4 is 5.32 Å². The van der Waals surface area contributed by atoms with Crippen molar-refractivity contribution >= 4 is 40.5 Å². The summed E-state index contributed by atoms with van der Waals surface area (Å²) in [5.41, 5.74) is -0.689. The van der Waals surface area contributed by atoms with Gasteiger partial charge < -0.3 is 5.32 Å². The van der Waals surface area contributed by atoms with E-state index in [0.29, 0.717) is 0 Å². The molecule has 1 heterocycles. The van der Waals surface area contributed by atoms with Gasteiger partial charge in [-0.1, -0.05) is 23.2 Å². The zero-order chi connectivity index (χ0) is 15.6. The first-order chi connectivity index (χ1) is 9.88. The maximum absolute atomic E-state index is 13.3. The van der Waals surface area contributed by atoms with Crippen LogP contribution in [0.25, 0.3) is 0 Å². The molecule has 0 aliphatic carbocycles. The molecule has 0 saturated carbocycles. The Kier molecular flexibility index (Phi) is 4.35. The SMILES string of the molecule is O=C(Nc1ccc(Cl)c(F)c1)c1cc(Cl)ncc1[N+](=O)[O-]. The molecule has 1 N–H and O–H groups in total. The summed E-state index contributed by atoms with van der Waals surface area (Å²) in [7, 11) is 0. The lowest BCUT2D eigenvalue weighted by atomic mass is 10.2. The number of pyridine rings is 1. The number of anilines is 1. The average Bonchev–Trinajstić information content (AvgIpc) is 2.42. The molecule has 0 bridgehead atoms. The largest absolute Gasteiger partial charge is 0.322 e. The summed E-state index contributed by atoms with van der Waals surface area (Å²) in [5, 5.41) is 13.0. The summed E-state index contributed by atoms with van der Waals surface area (Å²) in [6.07, 6.45) is 0.875. The molecule has 0 atom stereocenters. The van der Waals surface area contributed by atoms with E-state index in [0.717, 1.165) is 18.3 Å². The van der Waals surface area contributed by atoms with Crippen molar-refractivity contribution in [3.05, 3.63) is 62.1 Å². The van der Waals surface area contributed by atoms with E-state index in [2.05, 4.69) is 10.3 Å². The first kappa shape index (κ1) is 15.1. The Morgan fingerprint density at radius 1 is 1.33 bits per heavy atom. The second-order valence-electron chi connectivity index (χ2n) is 3.86. The third kappa shape index (κ3) is 3.45. The van der Waals surface area contributed by atoms with Gasteiger partial charge in [-0.05, 0) is 24.3 Å². The van der Waals surface area contributed by atoms with Crippen LogP contribution in [0.2, 0.25) is 10.2 Å². The van der Waals surface area contributed by atoms with Crippen LogP contribution in [0.3, 0.4) is 0 Å². The van der Waals surface area contributed by atoms with E-state index < -0.39 is 22.3 Å². The molecule has 21 heavy (non-hydrogen) atoms. The molecule has 0 aliphatic rings. The van der Waals surface area contributed by atoms with E-state index >= 15 is 0 Å². The molecule has 1 amide bonds. The summed E-state index contributed by atoms with van der Waals surface area (Å²) in [6, 6.07) is 4.66. The van der Waals surface area contributed by atoms with Crippen molar-refractivity contribution in [3.63, 3.8) is 0 Å². The number of hydrogen-bond acceptors (Lipinski definition) is 4. The molecule has 1 aromatic heterocycles. The molecular formula is C12H6Cl2FN3O3. The van der Waals surface area contributed by atoms with E-state index in [1.807, 2.05) is 0 Å². The summed E-state index contributed by atoms with van der Waals surface area (Å²) in [5.74, 6) is -1.54. The maximum atomic E-state index is 13.3. The molecular weight excluding hydrogens is 324 g/mol. The standard InChI is InChI=1S/C12H6Cl2FN3O3/c13-8-2-1-6(3-9(8)15)17-12(19)7-4-11(14)16-5-10(7)18(20)21/h1-5H,(H,17,19). The smallest absolute Gasteiger partial charge is 0.300 e. The zero-order valence-electron chi connectivity index (χ0n) is 10.1. The van der Waals surface area contributed by atoms with Gasteiger partial charge in [0.1, 0.15) is 22.7 Å². The monoisotopic (exact) mass is 329 g/mol. The summed E-state index contributed by atoms with van der Waals surface area (Å²) < 4.78 is 13.3. The van der Waals surface area contributed by atoms with Crippen LogP contribution >= 0.6 is 23.2 Å². The Bertz CT molecular complexity index is 740. The molecule has 0 unspecified atom stereocenters. The lowest BCUT2D eigenvalue weighted by Gasteiger charge is -2.06. The van der Waals surface area contributed by atoms with Gasteiger partial charge >= 0.3 is 0 Å². The highest BCUT2D eigenvalue weighted by molar-refractivity contribution is 6.31. The first-order valence-electron chi connectivity index (χ1n) is 5.45. The van der Waals surface area contributed by atoms with Gasteiger partial charge in [0.25, 0.3) is 11.6 Å². The number of aromatic nitrogens is 1. The van der Waals surface area contributed by atoms with E-state index in [9.17, 15) is 19.3 Å². The van der Waals surface area contributed by atoms with Gasteiger partial charge in [-0.25, -0.2) is 9.37 Å². The van der Waals surface area contributed by atoms with Crippen molar-refractivity contribution in [1.82, 2.24) is 4.98 Å². The molecule has 0 radical (unpaired) electrons. The number of nitrogens with one attached hydrogen (secondary N) is 1. The quantitative estimate of drug-likeness (QED) is 0.528. The number of rotatable bonds is 3. The molecule has 108 valence electrons. The zero-order valence-corrected chi connectivity index (χ0v) is 11.7. The maximum Gasteiger partial charge on any atom is 0.300 e. The summed E-state index contributed by atoms with van der Waals surface area (Å²) in [4.78, 5) is 25.7. The van der Waals surface area contributed by atoms with Crippen molar-refractivity contribution < 1.29 is 14.1 Å². The number of hydrogen-bond donors (Lipinski definition) is 1. The van der Waals surface area contributed by atoms with Gasteiger partial charge in [0.2, 0.25) is 0 Å². The van der Waals surface area contributed by atoms with Gasteiger partial charge in [0.05, 0.1) is 9.95 Å². The molecule has 6 nitrogen and oxygen atoms in total. The Hall–Kier alpha value is -2.25. The number of halogens is 3. The summed E-state index contributed by atoms with van der Waals surface area (Å²) in [6.45, 7) is 0. The summed E-state index contributed by atoms with van der Waals surface area (Å²) >= 11 is 11.1. The van der Waals surface area contributed by atoms with Crippen molar-refractivity contribution in [2.24, 2.45) is 0 Å². The third-order valence-corrected chi connectivity index (χ3v) is 2.98. The highest BCUT2D eigenvalue weighted by atomic mass is 35.5. The third-order valence-electron chi connectivity index (χ3n) is 2.47. The number of carbonyl (C=O) groups is 1. The molecule has 0 spiro atoms. The molecule has 0 aliphatic heterocycles. The Balaban J connectivity index is 2.34. The van der Waals surface area contributed by atoms with Gasteiger partial charge in [0, 0.05) is 5.69 Å². The van der Waals surface area contributed by atoms with Gasteiger partial charge in [-0.2, -0.15) is 0 Å².